The van der Waals surface area contributed by atoms with Gasteiger partial charge in [-0.05, 0) is 35.6 Å². The predicted octanol–water partition coefficient (Wildman–Crippen LogP) is 3.61. The van der Waals surface area contributed by atoms with Crippen molar-refractivity contribution in [3.05, 3.63) is 41.3 Å². The van der Waals surface area contributed by atoms with Crippen molar-refractivity contribution in [2.75, 3.05) is 5.73 Å². The number of rotatable bonds is 3. The van der Waals surface area contributed by atoms with E-state index in [1.54, 1.807) is 11.3 Å². The molecule has 0 unspecified atom stereocenters. The van der Waals surface area contributed by atoms with E-state index < -0.39 is 0 Å². The van der Waals surface area contributed by atoms with Crippen molar-refractivity contribution < 1.29 is 4.52 Å². The minimum absolute atomic E-state index is 0.567. The first-order chi connectivity index (χ1) is 9.28. The highest BCUT2D eigenvalue weighted by molar-refractivity contribution is 7.13. The van der Waals surface area contributed by atoms with Crippen LogP contribution in [-0.2, 0) is 6.42 Å². The molecule has 0 bridgehead atoms. The van der Waals surface area contributed by atoms with E-state index in [2.05, 4.69) is 23.1 Å². The number of nitrogens with zero attached hydrogens (tertiary/aromatic N) is 2. The van der Waals surface area contributed by atoms with Crippen LogP contribution in [0.2, 0.25) is 0 Å². The van der Waals surface area contributed by atoms with Crippen LogP contribution in [-0.4, -0.2) is 10.1 Å². The second kappa shape index (κ2) is 4.85. The Morgan fingerprint density at radius 2 is 2.21 bits per heavy atom. The molecular weight excluding hydrogens is 258 g/mol. The van der Waals surface area contributed by atoms with Crippen LogP contribution in [0.4, 0.5) is 5.69 Å². The molecule has 0 amide bonds. The second-order valence-corrected chi connectivity index (χ2v) is 5.09. The number of nitrogens with two attached hydrogens (primary N) is 1. The summed E-state index contributed by atoms with van der Waals surface area (Å²) in [5, 5.41) is 6.06. The first-order valence-electron chi connectivity index (χ1n) is 6.04. The molecule has 4 nitrogen and oxygen atoms in total. The molecule has 0 aliphatic heterocycles. The van der Waals surface area contributed by atoms with Gasteiger partial charge in [-0.1, -0.05) is 24.2 Å². The Balaban J connectivity index is 2.00. The first-order valence-corrected chi connectivity index (χ1v) is 6.92. The lowest BCUT2D eigenvalue weighted by atomic mass is 10.2. The molecule has 0 radical (unpaired) electrons. The Labute approximate surface area is 114 Å². The van der Waals surface area contributed by atoms with Gasteiger partial charge in [0.15, 0.2) is 0 Å². The summed E-state index contributed by atoms with van der Waals surface area (Å²) in [5.41, 5.74) is 8.54. The van der Waals surface area contributed by atoms with Crippen LogP contribution in [0.1, 0.15) is 12.5 Å². The standard InChI is InChI=1S/C14H13N3OS/c1-2-9-6-7-19-12(9)14-16-13(17-18-14)10-4-3-5-11(15)8-10/h3-8H,2,15H2,1H3. The molecule has 2 N–H and O–H groups in total. The van der Waals surface area contributed by atoms with Crippen molar-refractivity contribution in [2.45, 2.75) is 13.3 Å². The van der Waals surface area contributed by atoms with E-state index in [0.29, 0.717) is 17.4 Å². The number of hydrogen-bond donors (Lipinski definition) is 1. The Bertz CT molecular complexity index is 702. The Kier molecular flexibility index (Phi) is 3.05. The first kappa shape index (κ1) is 11.9. The summed E-state index contributed by atoms with van der Waals surface area (Å²) in [6.07, 6.45) is 0.953. The third-order valence-corrected chi connectivity index (χ3v) is 3.84. The molecule has 1 aromatic carbocycles. The average molecular weight is 271 g/mol. The van der Waals surface area contributed by atoms with Crippen LogP contribution >= 0.6 is 11.3 Å². The van der Waals surface area contributed by atoms with Gasteiger partial charge in [0.25, 0.3) is 5.89 Å². The molecule has 3 aromatic rings. The maximum absolute atomic E-state index is 5.76. The average Bonchev–Trinajstić information content (AvgIpc) is 3.07. The predicted molar refractivity (Wildman–Crippen MR) is 76.8 cm³/mol. The van der Waals surface area contributed by atoms with Crippen molar-refractivity contribution in [1.82, 2.24) is 10.1 Å². The van der Waals surface area contributed by atoms with Crippen LogP contribution in [0.15, 0.2) is 40.2 Å². The largest absolute Gasteiger partial charge is 0.399 e. The van der Waals surface area contributed by atoms with Gasteiger partial charge in [-0.25, -0.2) is 0 Å². The van der Waals surface area contributed by atoms with Crippen molar-refractivity contribution in [2.24, 2.45) is 0 Å². The highest BCUT2D eigenvalue weighted by Crippen LogP contribution is 2.30. The summed E-state index contributed by atoms with van der Waals surface area (Å²) < 4.78 is 5.35. The Hall–Kier alpha value is -2.14. The molecule has 2 aromatic heterocycles. The van der Waals surface area contributed by atoms with E-state index in [1.165, 1.54) is 5.56 Å². The Morgan fingerprint density at radius 3 is 3.00 bits per heavy atom. The van der Waals surface area contributed by atoms with Crippen LogP contribution < -0.4 is 5.73 Å². The van der Waals surface area contributed by atoms with Gasteiger partial charge in [0.1, 0.15) is 0 Å². The molecule has 3 rings (SSSR count). The fraction of sp³-hybridized carbons (Fsp3) is 0.143. The number of nitrogen functional groups attached to an aromatic ring is 1. The minimum Gasteiger partial charge on any atom is -0.399 e. The van der Waals surface area contributed by atoms with E-state index in [9.17, 15) is 0 Å². The lowest BCUT2D eigenvalue weighted by Gasteiger charge is -1.95. The molecule has 96 valence electrons. The molecule has 0 aliphatic rings. The van der Waals surface area contributed by atoms with Crippen LogP contribution in [0.25, 0.3) is 22.2 Å². The number of anilines is 1. The highest BCUT2D eigenvalue weighted by atomic mass is 32.1. The smallest absolute Gasteiger partial charge is 0.268 e. The van der Waals surface area contributed by atoms with E-state index in [4.69, 9.17) is 10.3 Å². The summed E-state index contributed by atoms with van der Waals surface area (Å²) in [6.45, 7) is 2.11. The van der Waals surface area contributed by atoms with Gasteiger partial charge in [-0.3, -0.25) is 0 Å². The third-order valence-electron chi connectivity index (χ3n) is 2.89. The maximum atomic E-state index is 5.76. The van der Waals surface area contributed by atoms with Gasteiger partial charge in [0, 0.05) is 11.3 Å². The number of benzene rings is 1. The Morgan fingerprint density at radius 1 is 1.32 bits per heavy atom. The molecule has 0 atom stereocenters. The van der Waals surface area contributed by atoms with Crippen molar-refractivity contribution in [1.29, 1.82) is 0 Å². The van der Waals surface area contributed by atoms with E-state index in [0.717, 1.165) is 16.9 Å². The summed E-state index contributed by atoms with van der Waals surface area (Å²) in [4.78, 5) is 5.50. The fourth-order valence-corrected chi connectivity index (χ4v) is 2.83. The molecule has 2 heterocycles. The maximum Gasteiger partial charge on any atom is 0.268 e. The van der Waals surface area contributed by atoms with Gasteiger partial charge in [0.05, 0.1) is 4.88 Å². The molecular formula is C14H13N3OS. The zero-order valence-electron chi connectivity index (χ0n) is 10.5. The van der Waals surface area contributed by atoms with Crippen LogP contribution in [0.3, 0.4) is 0 Å². The fourth-order valence-electron chi connectivity index (χ4n) is 1.91. The van der Waals surface area contributed by atoms with Crippen molar-refractivity contribution in [3.8, 4) is 22.2 Å². The molecule has 0 spiro atoms. The van der Waals surface area contributed by atoms with Gasteiger partial charge in [0.2, 0.25) is 5.82 Å². The number of hydrogen-bond acceptors (Lipinski definition) is 5. The normalized spacial score (nSPS) is 10.8. The lowest BCUT2D eigenvalue weighted by molar-refractivity contribution is 0.433. The van der Waals surface area contributed by atoms with Gasteiger partial charge in [-0.2, -0.15) is 4.98 Å². The molecule has 0 saturated carbocycles. The monoisotopic (exact) mass is 271 g/mol. The molecule has 0 saturated heterocycles. The highest BCUT2D eigenvalue weighted by Gasteiger charge is 2.14. The summed E-state index contributed by atoms with van der Waals surface area (Å²) in [7, 11) is 0. The SMILES string of the molecule is CCc1ccsc1-c1nc(-c2cccc(N)c2)no1. The van der Waals surface area contributed by atoms with Crippen molar-refractivity contribution >= 4 is 17.0 Å². The van der Waals surface area contributed by atoms with E-state index in [-0.39, 0.29) is 0 Å². The quantitative estimate of drug-likeness (QED) is 0.739. The summed E-state index contributed by atoms with van der Waals surface area (Å²) in [6, 6.07) is 9.55. The summed E-state index contributed by atoms with van der Waals surface area (Å²) >= 11 is 1.62. The molecule has 5 heteroatoms. The zero-order valence-corrected chi connectivity index (χ0v) is 11.3. The van der Waals surface area contributed by atoms with E-state index in [1.807, 2.05) is 29.6 Å². The number of thiophene rings is 1. The third kappa shape index (κ3) is 2.24. The lowest BCUT2D eigenvalue weighted by Crippen LogP contribution is -1.86. The number of aryl methyl sites for hydroxylation is 1. The number of aromatic nitrogens is 2. The van der Waals surface area contributed by atoms with Crippen LogP contribution in [0, 0.1) is 0 Å². The van der Waals surface area contributed by atoms with Crippen LogP contribution in [0.5, 0.6) is 0 Å². The molecule has 0 aliphatic carbocycles. The molecule has 19 heavy (non-hydrogen) atoms. The van der Waals surface area contributed by atoms with Gasteiger partial charge < -0.3 is 10.3 Å². The summed E-state index contributed by atoms with van der Waals surface area (Å²) in [5.74, 6) is 1.14. The van der Waals surface area contributed by atoms with Crippen molar-refractivity contribution in [3.63, 3.8) is 0 Å². The molecule has 0 fully saturated rings. The zero-order chi connectivity index (χ0) is 13.2. The minimum atomic E-state index is 0.567. The van der Waals surface area contributed by atoms with E-state index >= 15 is 0 Å². The topological polar surface area (TPSA) is 64.9 Å². The van der Waals surface area contributed by atoms with Gasteiger partial charge >= 0.3 is 0 Å². The second-order valence-electron chi connectivity index (χ2n) is 4.18. The van der Waals surface area contributed by atoms with Gasteiger partial charge in [-0.15, -0.1) is 11.3 Å².